The van der Waals surface area contributed by atoms with Crippen molar-refractivity contribution >= 4 is 33.4 Å². The van der Waals surface area contributed by atoms with E-state index in [1.807, 2.05) is 0 Å². The fourth-order valence-corrected chi connectivity index (χ4v) is 2.55. The second kappa shape index (κ2) is 3.94. The van der Waals surface area contributed by atoms with Crippen molar-refractivity contribution in [2.24, 2.45) is 0 Å². The van der Waals surface area contributed by atoms with Crippen LogP contribution in [-0.2, 0) is 11.2 Å². The highest BCUT2D eigenvalue weighted by atomic mass is 32.1. The van der Waals surface area contributed by atoms with Crippen LogP contribution in [0.4, 0.5) is 0 Å². The van der Waals surface area contributed by atoms with Crippen LogP contribution in [0.3, 0.4) is 0 Å². The molecule has 2 rings (SSSR count). The SMILES string of the molecule is O=C(O)Cc1cc2ccc(C(=O)O)cc2s1. The minimum Gasteiger partial charge on any atom is -0.481 e. The van der Waals surface area contributed by atoms with E-state index in [9.17, 15) is 9.59 Å². The van der Waals surface area contributed by atoms with Crippen molar-refractivity contribution in [3.8, 4) is 0 Å². The zero-order valence-corrected chi connectivity index (χ0v) is 8.95. The highest BCUT2D eigenvalue weighted by molar-refractivity contribution is 7.19. The normalized spacial score (nSPS) is 10.5. The van der Waals surface area contributed by atoms with E-state index in [0.29, 0.717) is 0 Å². The first-order valence-corrected chi connectivity index (χ1v) is 5.35. The predicted molar refractivity (Wildman–Crippen MR) is 60.1 cm³/mol. The molecule has 0 amide bonds. The summed E-state index contributed by atoms with van der Waals surface area (Å²) in [5, 5.41) is 18.3. The van der Waals surface area contributed by atoms with E-state index >= 15 is 0 Å². The lowest BCUT2D eigenvalue weighted by Crippen LogP contribution is -1.96. The molecule has 2 aromatic rings. The van der Waals surface area contributed by atoms with Crippen molar-refractivity contribution in [3.63, 3.8) is 0 Å². The zero-order valence-electron chi connectivity index (χ0n) is 8.14. The number of hydrogen-bond acceptors (Lipinski definition) is 3. The van der Waals surface area contributed by atoms with Crippen LogP contribution in [0.15, 0.2) is 24.3 Å². The first-order chi connectivity index (χ1) is 7.56. The molecule has 0 fully saturated rings. The summed E-state index contributed by atoms with van der Waals surface area (Å²) in [5.74, 6) is -1.86. The molecule has 1 aromatic heterocycles. The van der Waals surface area contributed by atoms with E-state index in [1.54, 1.807) is 18.2 Å². The highest BCUT2D eigenvalue weighted by Gasteiger charge is 2.08. The Labute approximate surface area is 94.8 Å². The number of carboxylic acid groups (broad SMARTS) is 2. The first-order valence-electron chi connectivity index (χ1n) is 4.54. The Morgan fingerprint density at radius 3 is 2.56 bits per heavy atom. The maximum atomic E-state index is 10.7. The van der Waals surface area contributed by atoms with Gasteiger partial charge in [-0.15, -0.1) is 11.3 Å². The Balaban J connectivity index is 2.45. The first kappa shape index (κ1) is 10.6. The van der Waals surface area contributed by atoms with Gasteiger partial charge in [0.25, 0.3) is 0 Å². The van der Waals surface area contributed by atoms with Crippen molar-refractivity contribution in [1.29, 1.82) is 0 Å². The van der Waals surface area contributed by atoms with Crippen molar-refractivity contribution in [3.05, 3.63) is 34.7 Å². The van der Waals surface area contributed by atoms with Gasteiger partial charge < -0.3 is 10.2 Å². The molecule has 4 nitrogen and oxygen atoms in total. The quantitative estimate of drug-likeness (QED) is 0.856. The van der Waals surface area contributed by atoms with Gasteiger partial charge in [-0.05, 0) is 23.6 Å². The van der Waals surface area contributed by atoms with E-state index in [0.717, 1.165) is 15.0 Å². The third-order valence-electron chi connectivity index (χ3n) is 2.14. The van der Waals surface area contributed by atoms with Crippen LogP contribution >= 0.6 is 11.3 Å². The largest absolute Gasteiger partial charge is 0.481 e. The van der Waals surface area contributed by atoms with Gasteiger partial charge in [0.15, 0.2) is 0 Å². The molecule has 0 spiro atoms. The minimum atomic E-state index is -0.977. The van der Waals surface area contributed by atoms with Crippen LogP contribution in [0.1, 0.15) is 15.2 Å². The molecule has 0 unspecified atom stereocenters. The molecule has 16 heavy (non-hydrogen) atoms. The molecule has 5 heteroatoms. The maximum Gasteiger partial charge on any atom is 0.335 e. The summed E-state index contributed by atoms with van der Waals surface area (Å²) in [7, 11) is 0. The Kier molecular flexibility index (Phi) is 2.62. The molecular formula is C11H8O4S. The number of fused-ring (bicyclic) bond motifs is 1. The molecule has 82 valence electrons. The lowest BCUT2D eigenvalue weighted by molar-refractivity contribution is -0.136. The Hall–Kier alpha value is -1.88. The topological polar surface area (TPSA) is 74.6 Å². The number of thiophene rings is 1. The molecular weight excluding hydrogens is 228 g/mol. The molecule has 0 bridgehead atoms. The van der Waals surface area contributed by atoms with Gasteiger partial charge in [-0.25, -0.2) is 4.79 Å². The zero-order chi connectivity index (χ0) is 11.7. The molecule has 0 radical (unpaired) electrons. The minimum absolute atomic E-state index is 0.0260. The van der Waals surface area contributed by atoms with Gasteiger partial charge in [0.05, 0.1) is 12.0 Å². The molecule has 2 N–H and O–H groups in total. The van der Waals surface area contributed by atoms with Crippen molar-refractivity contribution < 1.29 is 19.8 Å². The van der Waals surface area contributed by atoms with E-state index in [4.69, 9.17) is 10.2 Å². The number of hydrogen-bond donors (Lipinski definition) is 2. The summed E-state index contributed by atoms with van der Waals surface area (Å²) in [4.78, 5) is 22.0. The predicted octanol–water partition coefficient (Wildman–Crippen LogP) is 2.23. The lowest BCUT2D eigenvalue weighted by Gasteiger charge is -1.92. The summed E-state index contributed by atoms with van der Waals surface area (Å²) in [6.45, 7) is 0. The second-order valence-corrected chi connectivity index (χ2v) is 4.51. The number of carbonyl (C=O) groups is 2. The van der Waals surface area contributed by atoms with Gasteiger partial charge in [-0.2, -0.15) is 0 Å². The number of carboxylic acids is 2. The van der Waals surface area contributed by atoms with Crippen molar-refractivity contribution in [2.45, 2.75) is 6.42 Å². The summed E-state index contributed by atoms with van der Waals surface area (Å²) < 4.78 is 0.802. The average molecular weight is 236 g/mol. The Morgan fingerprint density at radius 2 is 1.94 bits per heavy atom. The average Bonchev–Trinajstić information content (AvgIpc) is 2.56. The van der Waals surface area contributed by atoms with Gasteiger partial charge in [-0.3, -0.25) is 4.79 Å². The Morgan fingerprint density at radius 1 is 1.19 bits per heavy atom. The van der Waals surface area contributed by atoms with Crippen LogP contribution in [0, 0.1) is 0 Å². The summed E-state index contributed by atoms with van der Waals surface area (Å²) in [5.41, 5.74) is 0.219. The monoisotopic (exact) mass is 236 g/mol. The summed E-state index contributed by atoms with van der Waals surface area (Å²) in [6, 6.07) is 6.55. The van der Waals surface area contributed by atoms with Gasteiger partial charge in [0.1, 0.15) is 0 Å². The smallest absolute Gasteiger partial charge is 0.335 e. The summed E-state index contributed by atoms with van der Waals surface area (Å²) >= 11 is 1.31. The van der Waals surface area contributed by atoms with Gasteiger partial charge in [0, 0.05) is 9.58 Å². The Bertz CT molecular complexity index is 570. The number of benzene rings is 1. The fourth-order valence-electron chi connectivity index (χ4n) is 1.46. The van der Waals surface area contributed by atoms with Crippen molar-refractivity contribution in [1.82, 2.24) is 0 Å². The third kappa shape index (κ3) is 2.04. The number of aromatic carboxylic acids is 1. The van der Waals surface area contributed by atoms with Crippen LogP contribution in [0.2, 0.25) is 0 Å². The van der Waals surface area contributed by atoms with Gasteiger partial charge in [-0.1, -0.05) is 6.07 Å². The number of rotatable bonds is 3. The second-order valence-electron chi connectivity index (χ2n) is 3.34. The van der Waals surface area contributed by atoms with Crippen LogP contribution < -0.4 is 0 Å². The van der Waals surface area contributed by atoms with E-state index in [2.05, 4.69) is 0 Å². The van der Waals surface area contributed by atoms with E-state index in [1.165, 1.54) is 17.4 Å². The van der Waals surface area contributed by atoms with Crippen molar-refractivity contribution in [2.75, 3.05) is 0 Å². The molecule has 0 atom stereocenters. The summed E-state index contributed by atoms with van der Waals surface area (Å²) in [6.07, 6.45) is -0.0260. The molecule has 0 saturated heterocycles. The van der Waals surface area contributed by atoms with Crippen LogP contribution in [-0.4, -0.2) is 22.2 Å². The molecule has 1 heterocycles. The van der Waals surface area contributed by atoms with Crippen LogP contribution in [0.25, 0.3) is 10.1 Å². The molecule has 0 aliphatic carbocycles. The molecule has 0 aliphatic rings. The van der Waals surface area contributed by atoms with Gasteiger partial charge in [0.2, 0.25) is 0 Å². The molecule has 0 saturated carbocycles. The molecule has 1 aromatic carbocycles. The highest BCUT2D eigenvalue weighted by Crippen LogP contribution is 2.27. The van der Waals surface area contributed by atoms with E-state index < -0.39 is 11.9 Å². The third-order valence-corrected chi connectivity index (χ3v) is 3.24. The maximum absolute atomic E-state index is 10.7. The lowest BCUT2D eigenvalue weighted by atomic mass is 10.2. The fraction of sp³-hybridized carbons (Fsp3) is 0.0909. The van der Waals surface area contributed by atoms with Gasteiger partial charge >= 0.3 is 11.9 Å². The molecule has 0 aliphatic heterocycles. The van der Waals surface area contributed by atoms with E-state index in [-0.39, 0.29) is 12.0 Å². The standard InChI is InChI=1S/C11H8O4S/c12-10(13)5-8-3-6-1-2-7(11(14)15)4-9(6)16-8/h1-4H,5H2,(H,12,13)(H,14,15). The number of aliphatic carboxylic acids is 1. The van der Waals surface area contributed by atoms with Crippen LogP contribution in [0.5, 0.6) is 0 Å².